The molecule has 4 heterocycles. The highest BCUT2D eigenvalue weighted by molar-refractivity contribution is 8.14. The van der Waals surface area contributed by atoms with Crippen molar-refractivity contribution in [3.8, 4) is 0 Å². The maximum absolute atomic E-state index is 13.7. The SMILES string of the molecule is CC(C)N1CC(CC(C)(C)N2CCC3(CC2)OC(=O)CCN3C(C)(C)C)C(=O)SC12CCN(C(C)(C)C)CC2. The molecule has 0 aromatic rings. The standard InChI is InChI=1S/C31H56N4O3S/c1-23(2)34-22-24(26(37)39-31(34)14-19-32(20-15-31)27(3,4)5)21-29(9,10)33-17-12-30(13-18-33)35(28(6,7)8)16-11-25(36)38-30/h23-24H,11-22H2,1-10H3. The number of thioether (sulfide) groups is 1. The van der Waals surface area contributed by atoms with Crippen molar-refractivity contribution in [1.29, 1.82) is 0 Å². The Morgan fingerprint density at radius 2 is 1.41 bits per heavy atom. The Bertz CT molecular complexity index is 906. The minimum atomic E-state index is -0.501. The molecule has 4 saturated heterocycles. The van der Waals surface area contributed by atoms with E-state index in [-0.39, 0.29) is 33.4 Å². The number of esters is 1. The van der Waals surface area contributed by atoms with Crippen molar-refractivity contribution in [3.63, 3.8) is 0 Å². The smallest absolute Gasteiger partial charge is 0.308 e. The maximum Gasteiger partial charge on any atom is 0.308 e. The highest BCUT2D eigenvalue weighted by Gasteiger charge is 2.53. The van der Waals surface area contributed by atoms with Gasteiger partial charge in [-0.3, -0.25) is 29.2 Å². The monoisotopic (exact) mass is 564 g/mol. The number of likely N-dealkylation sites (tertiary alicyclic amines) is 2. The quantitative estimate of drug-likeness (QED) is 0.433. The fourth-order valence-corrected chi connectivity index (χ4v) is 9.28. The van der Waals surface area contributed by atoms with Gasteiger partial charge in [0.1, 0.15) is 0 Å². The van der Waals surface area contributed by atoms with Gasteiger partial charge >= 0.3 is 5.97 Å². The molecule has 0 aliphatic carbocycles. The molecular weight excluding hydrogens is 508 g/mol. The Morgan fingerprint density at radius 1 is 0.846 bits per heavy atom. The van der Waals surface area contributed by atoms with E-state index in [2.05, 4.69) is 88.8 Å². The van der Waals surface area contributed by atoms with Crippen LogP contribution in [0.15, 0.2) is 0 Å². The van der Waals surface area contributed by atoms with Gasteiger partial charge in [0, 0.05) is 80.7 Å². The van der Waals surface area contributed by atoms with Crippen LogP contribution in [0, 0.1) is 5.92 Å². The largest absolute Gasteiger partial charge is 0.443 e. The first-order valence-corrected chi connectivity index (χ1v) is 16.2. The van der Waals surface area contributed by atoms with Crippen molar-refractivity contribution in [2.24, 2.45) is 5.92 Å². The van der Waals surface area contributed by atoms with Gasteiger partial charge in [-0.2, -0.15) is 0 Å². The first kappa shape index (κ1) is 31.3. The Balaban J connectivity index is 1.42. The van der Waals surface area contributed by atoms with Gasteiger partial charge in [-0.1, -0.05) is 11.8 Å². The van der Waals surface area contributed by atoms with Crippen molar-refractivity contribution in [1.82, 2.24) is 19.6 Å². The first-order chi connectivity index (χ1) is 17.9. The lowest BCUT2D eigenvalue weighted by Gasteiger charge is -2.57. The molecule has 4 fully saturated rings. The summed E-state index contributed by atoms with van der Waals surface area (Å²) < 4.78 is 6.11. The molecule has 0 aromatic heterocycles. The summed E-state index contributed by atoms with van der Waals surface area (Å²) in [4.78, 5) is 36.2. The molecule has 2 spiro atoms. The van der Waals surface area contributed by atoms with Crippen molar-refractivity contribution < 1.29 is 14.3 Å². The van der Waals surface area contributed by atoms with Gasteiger partial charge in [-0.05, 0) is 88.5 Å². The second-order valence-electron chi connectivity index (χ2n) is 15.5. The molecular formula is C31H56N4O3S. The minimum Gasteiger partial charge on any atom is -0.443 e. The first-order valence-electron chi connectivity index (χ1n) is 15.4. The third kappa shape index (κ3) is 6.40. The van der Waals surface area contributed by atoms with E-state index in [0.717, 1.165) is 71.4 Å². The summed E-state index contributed by atoms with van der Waals surface area (Å²) in [5, 5.41) is 0.387. The van der Waals surface area contributed by atoms with Gasteiger partial charge in [0.25, 0.3) is 0 Å². The molecule has 0 amide bonds. The van der Waals surface area contributed by atoms with E-state index in [1.54, 1.807) is 11.8 Å². The number of nitrogens with zero attached hydrogens (tertiary/aromatic N) is 4. The van der Waals surface area contributed by atoms with E-state index in [1.807, 2.05) is 0 Å². The highest BCUT2D eigenvalue weighted by Crippen LogP contribution is 2.48. The molecule has 4 rings (SSSR count). The molecule has 0 radical (unpaired) electrons. The normalized spacial score (nSPS) is 28.4. The lowest BCUT2D eigenvalue weighted by molar-refractivity contribution is -0.232. The van der Waals surface area contributed by atoms with Crippen molar-refractivity contribution in [2.75, 3.05) is 39.3 Å². The summed E-state index contributed by atoms with van der Waals surface area (Å²) in [6.07, 6.45) is 5.06. The maximum atomic E-state index is 13.7. The molecule has 8 heteroatoms. The number of hydrogen-bond acceptors (Lipinski definition) is 8. The van der Waals surface area contributed by atoms with Crippen LogP contribution in [0.4, 0.5) is 0 Å². The van der Waals surface area contributed by atoms with Crippen molar-refractivity contribution >= 4 is 22.8 Å². The van der Waals surface area contributed by atoms with E-state index in [1.165, 1.54) is 0 Å². The topological polar surface area (TPSA) is 56.3 Å². The Hall–Kier alpha value is -0.670. The average Bonchev–Trinajstić information content (AvgIpc) is 2.79. The molecule has 0 aromatic carbocycles. The zero-order valence-corrected chi connectivity index (χ0v) is 27.4. The van der Waals surface area contributed by atoms with E-state index in [4.69, 9.17) is 4.74 Å². The van der Waals surface area contributed by atoms with Crippen LogP contribution in [0.2, 0.25) is 0 Å². The molecule has 0 saturated carbocycles. The third-order valence-corrected chi connectivity index (χ3v) is 11.5. The summed E-state index contributed by atoms with van der Waals surface area (Å²) in [6, 6.07) is 0.414. The lowest BCUT2D eigenvalue weighted by Crippen LogP contribution is -2.67. The van der Waals surface area contributed by atoms with E-state index >= 15 is 0 Å². The second kappa shape index (κ2) is 10.9. The summed E-state index contributed by atoms with van der Waals surface area (Å²) in [6.45, 7) is 28.2. The molecule has 4 aliphatic heterocycles. The van der Waals surface area contributed by atoms with Crippen molar-refractivity contribution in [3.05, 3.63) is 0 Å². The Kier molecular flexibility index (Phi) is 8.71. The van der Waals surface area contributed by atoms with Gasteiger partial charge in [0.15, 0.2) is 10.8 Å². The summed E-state index contributed by atoms with van der Waals surface area (Å²) >= 11 is 1.65. The Morgan fingerprint density at radius 3 is 1.92 bits per heavy atom. The number of carbonyl (C=O) groups is 2. The van der Waals surface area contributed by atoms with Crippen LogP contribution in [0.5, 0.6) is 0 Å². The predicted molar refractivity (Wildman–Crippen MR) is 161 cm³/mol. The number of rotatable bonds is 4. The summed E-state index contributed by atoms with van der Waals surface area (Å²) in [5.41, 5.74) is -0.480. The predicted octanol–water partition coefficient (Wildman–Crippen LogP) is 5.19. The molecule has 1 atom stereocenters. The molecule has 1 unspecified atom stereocenters. The number of carbonyl (C=O) groups excluding carboxylic acids is 2. The van der Waals surface area contributed by atoms with Crippen LogP contribution < -0.4 is 0 Å². The molecule has 39 heavy (non-hydrogen) atoms. The molecule has 4 aliphatic rings. The van der Waals surface area contributed by atoms with Gasteiger partial charge in [0.2, 0.25) is 0 Å². The van der Waals surface area contributed by atoms with Crippen LogP contribution >= 0.6 is 11.8 Å². The summed E-state index contributed by atoms with van der Waals surface area (Å²) in [7, 11) is 0. The van der Waals surface area contributed by atoms with Gasteiger partial charge < -0.3 is 4.74 Å². The van der Waals surface area contributed by atoms with Gasteiger partial charge in [-0.15, -0.1) is 0 Å². The van der Waals surface area contributed by atoms with Crippen molar-refractivity contribution in [2.45, 2.75) is 141 Å². The van der Waals surface area contributed by atoms with Crippen LogP contribution in [-0.4, -0.2) is 103 Å². The summed E-state index contributed by atoms with van der Waals surface area (Å²) in [5.74, 6) is -0.0304. The third-order valence-electron chi connectivity index (χ3n) is 9.97. The number of hydrogen-bond donors (Lipinski definition) is 0. The van der Waals surface area contributed by atoms with E-state index in [0.29, 0.717) is 17.6 Å². The molecule has 0 N–H and O–H groups in total. The highest BCUT2D eigenvalue weighted by atomic mass is 32.2. The van der Waals surface area contributed by atoms with Gasteiger partial charge in [-0.25, -0.2) is 0 Å². The second-order valence-corrected chi connectivity index (χ2v) is 16.8. The number of ether oxygens (including phenoxy) is 1. The lowest BCUT2D eigenvalue weighted by atomic mass is 9.84. The average molecular weight is 565 g/mol. The van der Waals surface area contributed by atoms with Gasteiger partial charge in [0.05, 0.1) is 11.3 Å². The van der Waals surface area contributed by atoms with Crippen LogP contribution in [0.1, 0.15) is 108 Å². The fourth-order valence-electron chi connectivity index (χ4n) is 7.79. The van der Waals surface area contributed by atoms with E-state index < -0.39 is 5.72 Å². The number of piperidine rings is 2. The Labute approximate surface area is 242 Å². The van der Waals surface area contributed by atoms with E-state index in [9.17, 15) is 9.59 Å². The molecule has 224 valence electrons. The molecule has 0 bridgehead atoms. The minimum absolute atomic E-state index is 0.0353. The zero-order chi connectivity index (χ0) is 29.0. The zero-order valence-electron chi connectivity index (χ0n) is 26.6. The van der Waals surface area contributed by atoms with Crippen LogP contribution in [-0.2, 0) is 14.3 Å². The van der Waals surface area contributed by atoms with Crippen LogP contribution in [0.25, 0.3) is 0 Å². The van der Waals surface area contributed by atoms with Crippen LogP contribution in [0.3, 0.4) is 0 Å². The molecule has 7 nitrogen and oxygen atoms in total. The fraction of sp³-hybridized carbons (Fsp3) is 0.935.